The standard InChI is InChI=1S/C17H20N4O5/c1-9(19-10-4-5-11-12(8-10)26-7-6-25-11)14(22)13-15(18)20(2)17(24)21(3)16(13)23/h4-5,8-9,19H,6-7,18H2,1-3H3/t9-/m1/s1. The molecule has 3 N–H and O–H groups in total. The zero-order valence-corrected chi connectivity index (χ0v) is 14.7. The van der Waals surface area contributed by atoms with E-state index in [2.05, 4.69) is 5.32 Å². The Kier molecular flexibility index (Phi) is 4.45. The minimum atomic E-state index is -0.745. The third-order valence-corrected chi connectivity index (χ3v) is 4.27. The summed E-state index contributed by atoms with van der Waals surface area (Å²) in [6, 6.07) is 4.47. The summed E-state index contributed by atoms with van der Waals surface area (Å²) in [7, 11) is 2.71. The van der Waals surface area contributed by atoms with E-state index in [1.165, 1.54) is 14.1 Å². The van der Waals surface area contributed by atoms with E-state index in [-0.39, 0.29) is 11.4 Å². The summed E-state index contributed by atoms with van der Waals surface area (Å²) in [5.41, 5.74) is 4.96. The lowest BCUT2D eigenvalue weighted by Crippen LogP contribution is -2.43. The first kappa shape index (κ1) is 17.6. The number of ketones is 1. The quantitative estimate of drug-likeness (QED) is 0.744. The summed E-state index contributed by atoms with van der Waals surface area (Å²) in [4.78, 5) is 37.0. The SMILES string of the molecule is C[C@@H](Nc1ccc2c(c1)OCCO2)C(=O)c1c(N)n(C)c(=O)n(C)c1=O. The van der Waals surface area contributed by atoms with E-state index in [9.17, 15) is 14.4 Å². The lowest BCUT2D eigenvalue weighted by atomic mass is 10.1. The summed E-state index contributed by atoms with van der Waals surface area (Å²) >= 11 is 0. The summed E-state index contributed by atoms with van der Waals surface area (Å²) in [6.07, 6.45) is 0. The summed E-state index contributed by atoms with van der Waals surface area (Å²) in [6.45, 7) is 2.56. The molecule has 0 bridgehead atoms. The lowest BCUT2D eigenvalue weighted by Gasteiger charge is -2.21. The first-order valence-corrected chi connectivity index (χ1v) is 8.07. The Hall–Kier alpha value is -3.23. The maximum atomic E-state index is 12.8. The highest BCUT2D eigenvalue weighted by Crippen LogP contribution is 2.32. The zero-order valence-electron chi connectivity index (χ0n) is 14.7. The molecule has 0 amide bonds. The van der Waals surface area contributed by atoms with Crippen LogP contribution in [0.5, 0.6) is 11.5 Å². The molecule has 0 aliphatic carbocycles. The maximum absolute atomic E-state index is 12.8. The Labute approximate surface area is 148 Å². The number of rotatable bonds is 4. The van der Waals surface area contributed by atoms with Crippen LogP contribution in [0.25, 0.3) is 0 Å². The molecule has 9 heteroatoms. The fourth-order valence-corrected chi connectivity index (χ4v) is 2.76. The van der Waals surface area contributed by atoms with Gasteiger partial charge in [0, 0.05) is 25.8 Å². The van der Waals surface area contributed by atoms with Gasteiger partial charge in [0.25, 0.3) is 5.56 Å². The largest absolute Gasteiger partial charge is 0.486 e. The number of hydrogen-bond donors (Lipinski definition) is 2. The average molecular weight is 360 g/mol. The van der Waals surface area contributed by atoms with Gasteiger partial charge in [-0.2, -0.15) is 0 Å². The molecule has 138 valence electrons. The van der Waals surface area contributed by atoms with E-state index in [4.69, 9.17) is 15.2 Å². The number of nitrogens with two attached hydrogens (primary N) is 1. The van der Waals surface area contributed by atoms with Crippen molar-refractivity contribution in [2.24, 2.45) is 14.1 Å². The molecule has 0 unspecified atom stereocenters. The number of carbonyl (C=O) groups is 1. The van der Waals surface area contributed by atoms with E-state index in [0.717, 1.165) is 9.13 Å². The van der Waals surface area contributed by atoms with Gasteiger partial charge in [-0.05, 0) is 19.1 Å². The highest BCUT2D eigenvalue weighted by molar-refractivity contribution is 6.04. The normalized spacial score (nSPS) is 14.0. The smallest absolute Gasteiger partial charge is 0.332 e. The first-order valence-electron chi connectivity index (χ1n) is 8.07. The van der Waals surface area contributed by atoms with Gasteiger partial charge in [-0.25, -0.2) is 4.79 Å². The first-order chi connectivity index (χ1) is 12.3. The fourth-order valence-electron chi connectivity index (χ4n) is 2.76. The predicted molar refractivity (Wildman–Crippen MR) is 96.2 cm³/mol. The van der Waals surface area contributed by atoms with Gasteiger partial charge in [0.2, 0.25) is 0 Å². The Morgan fingerprint density at radius 1 is 1.15 bits per heavy atom. The molecule has 0 fully saturated rings. The molecule has 1 aromatic carbocycles. The number of nitrogens with zero attached hydrogens (tertiary/aromatic N) is 2. The van der Waals surface area contributed by atoms with Crippen LogP contribution in [0.2, 0.25) is 0 Å². The third kappa shape index (κ3) is 2.92. The molecular formula is C17H20N4O5. The van der Waals surface area contributed by atoms with E-state index in [1.54, 1.807) is 25.1 Å². The predicted octanol–water partition coefficient (Wildman–Crippen LogP) is 0.121. The van der Waals surface area contributed by atoms with Crippen LogP contribution in [0.15, 0.2) is 27.8 Å². The van der Waals surface area contributed by atoms with Crippen molar-refractivity contribution in [1.29, 1.82) is 0 Å². The van der Waals surface area contributed by atoms with Crippen LogP contribution in [-0.4, -0.2) is 34.2 Å². The van der Waals surface area contributed by atoms with Gasteiger partial charge in [-0.15, -0.1) is 0 Å². The average Bonchev–Trinajstić information content (AvgIpc) is 2.64. The van der Waals surface area contributed by atoms with Crippen molar-refractivity contribution in [2.75, 3.05) is 24.3 Å². The second-order valence-corrected chi connectivity index (χ2v) is 6.05. The number of Topliss-reactive ketones (excluding diaryl/α,β-unsaturated/α-hetero) is 1. The van der Waals surface area contributed by atoms with Crippen molar-refractivity contribution in [3.8, 4) is 11.5 Å². The number of nitrogens with one attached hydrogen (secondary N) is 1. The second kappa shape index (κ2) is 6.58. The Balaban J connectivity index is 1.90. The molecule has 0 saturated carbocycles. The molecular weight excluding hydrogens is 340 g/mol. The molecule has 1 aliphatic rings. The van der Waals surface area contributed by atoms with Crippen LogP contribution >= 0.6 is 0 Å². The van der Waals surface area contributed by atoms with Gasteiger partial charge in [0.1, 0.15) is 24.6 Å². The number of fused-ring (bicyclic) bond motifs is 1. The molecule has 1 aliphatic heterocycles. The van der Waals surface area contributed by atoms with Crippen molar-refractivity contribution in [2.45, 2.75) is 13.0 Å². The van der Waals surface area contributed by atoms with Gasteiger partial charge >= 0.3 is 5.69 Å². The van der Waals surface area contributed by atoms with Gasteiger partial charge in [0.05, 0.1) is 6.04 Å². The summed E-state index contributed by atoms with van der Waals surface area (Å²) in [5.74, 6) is 0.558. The van der Waals surface area contributed by atoms with Gasteiger partial charge in [-0.1, -0.05) is 0 Å². The Morgan fingerprint density at radius 3 is 2.50 bits per heavy atom. The summed E-state index contributed by atoms with van der Waals surface area (Å²) in [5, 5.41) is 3.02. The van der Waals surface area contributed by atoms with Gasteiger partial charge in [-0.3, -0.25) is 18.7 Å². The van der Waals surface area contributed by atoms with Crippen molar-refractivity contribution in [1.82, 2.24) is 9.13 Å². The van der Waals surface area contributed by atoms with Crippen LogP contribution in [0, 0.1) is 0 Å². The summed E-state index contributed by atoms with van der Waals surface area (Å²) < 4.78 is 12.9. The number of carbonyl (C=O) groups excluding carboxylic acids is 1. The molecule has 2 aromatic rings. The molecule has 3 rings (SSSR count). The number of ether oxygens (including phenoxy) is 2. The highest BCUT2D eigenvalue weighted by Gasteiger charge is 2.25. The number of anilines is 2. The molecule has 9 nitrogen and oxygen atoms in total. The van der Waals surface area contributed by atoms with Crippen LogP contribution < -0.4 is 31.8 Å². The lowest BCUT2D eigenvalue weighted by molar-refractivity contribution is 0.0973. The van der Waals surface area contributed by atoms with E-state index < -0.39 is 23.1 Å². The van der Waals surface area contributed by atoms with Crippen molar-refractivity contribution < 1.29 is 14.3 Å². The molecule has 26 heavy (non-hydrogen) atoms. The second-order valence-electron chi connectivity index (χ2n) is 6.05. The molecule has 1 atom stereocenters. The number of hydrogen-bond acceptors (Lipinski definition) is 7. The molecule has 0 radical (unpaired) electrons. The Bertz CT molecular complexity index is 992. The van der Waals surface area contributed by atoms with Crippen LogP contribution in [-0.2, 0) is 14.1 Å². The van der Waals surface area contributed by atoms with Crippen LogP contribution in [0.4, 0.5) is 11.5 Å². The number of benzene rings is 1. The highest BCUT2D eigenvalue weighted by atomic mass is 16.6. The van der Waals surface area contributed by atoms with E-state index in [1.807, 2.05) is 0 Å². The minimum Gasteiger partial charge on any atom is -0.486 e. The van der Waals surface area contributed by atoms with Crippen LogP contribution in [0.1, 0.15) is 17.3 Å². The Morgan fingerprint density at radius 2 is 1.81 bits per heavy atom. The fraction of sp³-hybridized carbons (Fsp3) is 0.353. The van der Waals surface area contributed by atoms with Crippen molar-refractivity contribution in [3.63, 3.8) is 0 Å². The van der Waals surface area contributed by atoms with E-state index >= 15 is 0 Å². The van der Waals surface area contributed by atoms with Crippen molar-refractivity contribution >= 4 is 17.3 Å². The topological polar surface area (TPSA) is 118 Å². The molecule has 1 aromatic heterocycles. The van der Waals surface area contributed by atoms with Crippen LogP contribution in [0.3, 0.4) is 0 Å². The molecule has 2 heterocycles. The third-order valence-electron chi connectivity index (χ3n) is 4.27. The van der Waals surface area contributed by atoms with Gasteiger partial charge in [0.15, 0.2) is 17.3 Å². The molecule has 0 saturated heterocycles. The molecule has 0 spiro atoms. The van der Waals surface area contributed by atoms with Crippen molar-refractivity contribution in [3.05, 3.63) is 44.6 Å². The van der Waals surface area contributed by atoms with E-state index in [0.29, 0.717) is 30.4 Å². The monoisotopic (exact) mass is 360 g/mol. The zero-order chi connectivity index (χ0) is 19.0. The number of nitrogen functional groups attached to an aromatic ring is 1. The number of aromatic nitrogens is 2. The maximum Gasteiger partial charge on any atom is 0.332 e. The van der Waals surface area contributed by atoms with Gasteiger partial charge < -0.3 is 20.5 Å². The minimum absolute atomic E-state index is 0.154.